The molecular weight excluding hydrogens is 997 g/mol. The summed E-state index contributed by atoms with van der Waals surface area (Å²) >= 11 is 0. The highest BCUT2D eigenvalue weighted by Gasteiger charge is 2.50. The molecule has 0 aromatic heterocycles. The summed E-state index contributed by atoms with van der Waals surface area (Å²) in [5.41, 5.74) is 0. The number of allylic oxidation sites excluding steroid dienone is 8. The number of hydrogen-bond donors (Lipinski definition) is 3. The Hall–Kier alpha value is -3.32. The molecule has 1 aliphatic rings. The second-order valence-electron chi connectivity index (χ2n) is 22.4. The molecule has 6 atom stereocenters. The van der Waals surface area contributed by atoms with Gasteiger partial charge >= 0.3 is 23.9 Å². The Kier molecular flexibility index (Phi) is 51.5. The van der Waals surface area contributed by atoms with Crippen LogP contribution in [0.1, 0.15) is 303 Å². The molecule has 0 amide bonds. The van der Waals surface area contributed by atoms with Crippen LogP contribution in [0, 0.1) is 0 Å². The van der Waals surface area contributed by atoms with Gasteiger partial charge in [-0.1, -0.05) is 230 Å². The first-order valence-electron chi connectivity index (χ1n) is 32.6. The van der Waals surface area contributed by atoms with E-state index in [0.717, 1.165) is 109 Å². The summed E-state index contributed by atoms with van der Waals surface area (Å²) in [6.07, 6.45) is 54.9. The van der Waals surface area contributed by atoms with E-state index in [1.54, 1.807) is 0 Å². The zero-order valence-electron chi connectivity index (χ0n) is 50.6. The zero-order chi connectivity index (χ0) is 57.5. The Labute approximate surface area is 482 Å². The predicted octanol–water partition coefficient (Wildman–Crippen LogP) is 17.3. The largest absolute Gasteiger partial charge is 0.479 e. The summed E-state index contributed by atoms with van der Waals surface area (Å²) in [5.74, 6) is -3.12. The van der Waals surface area contributed by atoms with E-state index in [4.69, 9.17) is 23.7 Å². The minimum absolute atomic E-state index is 0.0509. The maximum absolute atomic E-state index is 13.2. The van der Waals surface area contributed by atoms with Crippen LogP contribution in [0.3, 0.4) is 0 Å². The van der Waals surface area contributed by atoms with Gasteiger partial charge in [0.2, 0.25) is 0 Å². The van der Waals surface area contributed by atoms with E-state index in [0.29, 0.717) is 19.3 Å². The lowest BCUT2D eigenvalue weighted by Gasteiger charge is -2.40. The number of ether oxygens (including phenoxy) is 5. The van der Waals surface area contributed by atoms with E-state index in [2.05, 4.69) is 69.4 Å². The summed E-state index contributed by atoms with van der Waals surface area (Å²) < 4.78 is 28.5. The van der Waals surface area contributed by atoms with Crippen LogP contribution in [0.2, 0.25) is 0 Å². The smallest absolute Gasteiger partial charge is 0.335 e. The number of unbranched alkanes of at least 4 members (excludes halogenated alkanes) is 34. The highest BCUT2D eigenvalue weighted by atomic mass is 16.7. The lowest BCUT2D eigenvalue weighted by Crippen LogP contribution is -2.61. The van der Waals surface area contributed by atoms with Crippen LogP contribution in [0.15, 0.2) is 48.6 Å². The van der Waals surface area contributed by atoms with E-state index in [9.17, 15) is 34.5 Å². The molecule has 6 unspecified atom stereocenters. The molecule has 0 aliphatic carbocycles. The maximum Gasteiger partial charge on any atom is 0.335 e. The van der Waals surface area contributed by atoms with Gasteiger partial charge in [-0.05, 0) is 103 Å². The molecule has 0 spiro atoms. The molecule has 0 bridgehead atoms. The molecule has 458 valence electrons. The lowest BCUT2D eigenvalue weighted by molar-refractivity contribution is -0.301. The Bertz CT molecular complexity index is 1560. The second kappa shape index (κ2) is 55.2. The van der Waals surface area contributed by atoms with Crippen LogP contribution in [0.25, 0.3) is 0 Å². The Morgan fingerprint density at radius 3 is 1.18 bits per heavy atom. The third-order valence-corrected chi connectivity index (χ3v) is 14.8. The van der Waals surface area contributed by atoms with Crippen molar-refractivity contribution in [3.05, 3.63) is 48.6 Å². The van der Waals surface area contributed by atoms with Gasteiger partial charge in [0.15, 0.2) is 24.6 Å². The van der Waals surface area contributed by atoms with Crippen molar-refractivity contribution < 1.29 is 58.2 Å². The fourth-order valence-electron chi connectivity index (χ4n) is 9.80. The SMILES string of the molecule is CCCCC/C=C\C/C=C\CCCCCCCCCCCC(=O)OCC(COC1OC(C(=O)O)C(O)C(O)C1OC(=O)CCCCCCC/C=C\CCCCCCCC)OC(=O)CCCCCCC/C=C\CCCCCCCC. The number of aliphatic carboxylic acids is 1. The van der Waals surface area contributed by atoms with Crippen LogP contribution < -0.4 is 0 Å². The van der Waals surface area contributed by atoms with Crippen LogP contribution in [0.4, 0.5) is 0 Å². The number of carbonyl (C=O) groups is 4. The normalized spacial score (nSPS) is 18.1. The maximum atomic E-state index is 13.2. The molecule has 1 saturated heterocycles. The van der Waals surface area contributed by atoms with Crippen LogP contribution in [-0.2, 0) is 42.9 Å². The standard InChI is InChI=1S/C67H118O12/c1-4-7-10-13-16-19-22-25-28-29-30-31-34-35-38-41-44-47-50-53-59(68)75-56-58(77-60(69)54-51-48-45-42-39-36-32-26-23-20-17-14-11-8-5-2)57-76-67-65(63(72)62(71)64(79-67)66(73)74)78-61(70)55-52-49-46-43-40-37-33-27-24-21-18-15-12-9-6-3/h16,19,25-28,32-33,58,62-65,67,71-72H,4-15,17-18,20-24,29-31,34-57H2,1-3H3,(H,73,74)/b19-16-,28-25-,32-26-,33-27-. The minimum Gasteiger partial charge on any atom is -0.479 e. The van der Waals surface area contributed by atoms with Gasteiger partial charge in [0.1, 0.15) is 18.8 Å². The molecular formula is C67H118O12. The molecule has 1 rings (SSSR count). The number of aliphatic hydroxyl groups excluding tert-OH is 2. The number of esters is 3. The number of aliphatic hydroxyl groups is 2. The lowest BCUT2D eigenvalue weighted by atomic mass is 9.98. The van der Waals surface area contributed by atoms with Crippen molar-refractivity contribution in [2.75, 3.05) is 13.2 Å². The predicted molar refractivity (Wildman–Crippen MR) is 322 cm³/mol. The molecule has 0 aromatic rings. The molecule has 0 aromatic carbocycles. The van der Waals surface area contributed by atoms with Gasteiger partial charge in [0, 0.05) is 19.3 Å². The number of carboxylic acid groups (broad SMARTS) is 1. The van der Waals surface area contributed by atoms with Gasteiger partial charge in [0.05, 0.1) is 6.61 Å². The van der Waals surface area contributed by atoms with Crippen LogP contribution >= 0.6 is 0 Å². The molecule has 1 aliphatic heterocycles. The molecule has 0 radical (unpaired) electrons. The number of carboxylic acids is 1. The van der Waals surface area contributed by atoms with Gasteiger partial charge in [-0.15, -0.1) is 0 Å². The third-order valence-electron chi connectivity index (χ3n) is 14.8. The first-order chi connectivity index (χ1) is 38.6. The van der Waals surface area contributed by atoms with Crippen molar-refractivity contribution in [1.29, 1.82) is 0 Å². The Balaban J connectivity index is 2.66. The molecule has 79 heavy (non-hydrogen) atoms. The van der Waals surface area contributed by atoms with Crippen molar-refractivity contribution in [1.82, 2.24) is 0 Å². The van der Waals surface area contributed by atoms with Crippen LogP contribution in [0.5, 0.6) is 0 Å². The fourth-order valence-corrected chi connectivity index (χ4v) is 9.80. The van der Waals surface area contributed by atoms with Crippen LogP contribution in [-0.4, -0.2) is 89.2 Å². The Morgan fingerprint density at radius 1 is 0.418 bits per heavy atom. The molecule has 12 nitrogen and oxygen atoms in total. The number of hydrogen-bond acceptors (Lipinski definition) is 11. The van der Waals surface area contributed by atoms with Crippen molar-refractivity contribution in [2.24, 2.45) is 0 Å². The summed E-state index contributed by atoms with van der Waals surface area (Å²) in [7, 11) is 0. The van der Waals surface area contributed by atoms with E-state index in [-0.39, 0.29) is 25.9 Å². The fraction of sp³-hybridized carbons (Fsp3) is 0.821. The van der Waals surface area contributed by atoms with Gasteiger partial charge < -0.3 is 39.0 Å². The highest BCUT2D eigenvalue weighted by Crippen LogP contribution is 2.27. The Morgan fingerprint density at radius 2 is 0.759 bits per heavy atom. The zero-order valence-corrected chi connectivity index (χ0v) is 50.6. The monoisotopic (exact) mass is 1110 g/mol. The van der Waals surface area contributed by atoms with Crippen molar-refractivity contribution in [3.8, 4) is 0 Å². The molecule has 1 heterocycles. The molecule has 1 fully saturated rings. The third kappa shape index (κ3) is 45.0. The topological polar surface area (TPSA) is 175 Å². The van der Waals surface area contributed by atoms with E-state index < -0.39 is 67.3 Å². The minimum atomic E-state index is -1.91. The van der Waals surface area contributed by atoms with Gasteiger partial charge in [-0.2, -0.15) is 0 Å². The summed E-state index contributed by atoms with van der Waals surface area (Å²) in [6.45, 7) is 5.98. The average Bonchev–Trinajstić information content (AvgIpc) is 3.46. The molecule has 3 N–H and O–H groups in total. The summed E-state index contributed by atoms with van der Waals surface area (Å²) in [6, 6.07) is 0. The van der Waals surface area contributed by atoms with Crippen molar-refractivity contribution >= 4 is 23.9 Å². The number of rotatable bonds is 56. The van der Waals surface area contributed by atoms with E-state index in [1.165, 1.54) is 135 Å². The van der Waals surface area contributed by atoms with Gasteiger partial charge in [-0.25, -0.2) is 4.79 Å². The van der Waals surface area contributed by atoms with Crippen molar-refractivity contribution in [3.63, 3.8) is 0 Å². The first kappa shape index (κ1) is 73.7. The van der Waals surface area contributed by atoms with Gasteiger partial charge in [0.25, 0.3) is 0 Å². The van der Waals surface area contributed by atoms with E-state index >= 15 is 0 Å². The average molecular weight is 1120 g/mol. The quantitative estimate of drug-likeness (QED) is 0.0228. The summed E-state index contributed by atoms with van der Waals surface area (Å²) in [5, 5.41) is 31.6. The van der Waals surface area contributed by atoms with Crippen molar-refractivity contribution in [2.45, 2.75) is 340 Å². The molecule has 0 saturated carbocycles. The summed E-state index contributed by atoms with van der Waals surface area (Å²) in [4.78, 5) is 51.3. The first-order valence-corrected chi connectivity index (χ1v) is 32.6. The molecule has 12 heteroatoms. The number of carbonyl (C=O) groups excluding carboxylic acids is 3. The highest BCUT2D eigenvalue weighted by molar-refractivity contribution is 5.74. The second-order valence-corrected chi connectivity index (χ2v) is 22.4. The van der Waals surface area contributed by atoms with E-state index in [1.807, 2.05) is 0 Å². The van der Waals surface area contributed by atoms with Gasteiger partial charge in [-0.3, -0.25) is 14.4 Å².